The molecule has 0 aromatic carbocycles. The molecule has 2 fully saturated rings. The fourth-order valence-electron chi connectivity index (χ4n) is 3.41. The molecule has 4 atom stereocenters. The Morgan fingerprint density at radius 1 is 1.36 bits per heavy atom. The molecule has 10 heteroatoms. The number of aromatic nitrogens is 2. The van der Waals surface area contributed by atoms with Gasteiger partial charge in [0.15, 0.2) is 0 Å². The lowest BCUT2D eigenvalue weighted by molar-refractivity contribution is -0.0194. The predicted octanol–water partition coefficient (Wildman–Crippen LogP) is -0.383. The number of amides is 1. The molecular weight excluding hydrogens is 346 g/mol. The number of nitrogens with zero attached hydrogens (tertiary/aromatic N) is 2. The Hall–Kier alpha value is -1.78. The van der Waals surface area contributed by atoms with Crippen molar-refractivity contribution in [3.8, 4) is 0 Å². The molecule has 3 rings (SSSR count). The molecule has 0 bridgehead atoms. The van der Waals surface area contributed by atoms with Gasteiger partial charge in [0.2, 0.25) is 16.0 Å². The first-order chi connectivity index (χ1) is 11.7. The smallest absolute Gasteiger partial charge is 0.270 e. The first-order valence-corrected chi connectivity index (χ1v) is 10.1. The lowest BCUT2D eigenvalue weighted by atomic mass is 9.72. The number of fused-ring (bicyclic) bond motifs is 1. The molecule has 9 nitrogen and oxygen atoms in total. The van der Waals surface area contributed by atoms with Crippen molar-refractivity contribution >= 4 is 21.9 Å². The van der Waals surface area contributed by atoms with Crippen LogP contribution in [0.3, 0.4) is 0 Å². The van der Waals surface area contributed by atoms with E-state index in [4.69, 9.17) is 10.5 Å². The van der Waals surface area contributed by atoms with Gasteiger partial charge in [-0.1, -0.05) is 13.8 Å². The maximum Gasteiger partial charge on any atom is 0.270 e. The second-order valence-corrected chi connectivity index (χ2v) is 8.67. The number of carbonyl (C=O) groups is 1. The van der Waals surface area contributed by atoms with Gasteiger partial charge in [-0.2, -0.15) is 0 Å². The van der Waals surface area contributed by atoms with Crippen LogP contribution >= 0.6 is 0 Å². The van der Waals surface area contributed by atoms with Crippen LogP contribution in [0.1, 0.15) is 42.4 Å². The van der Waals surface area contributed by atoms with E-state index in [-0.39, 0.29) is 35.6 Å². The van der Waals surface area contributed by atoms with Crippen molar-refractivity contribution in [2.24, 2.45) is 5.92 Å². The number of hydrogen-bond donors (Lipinski definition) is 3. The van der Waals surface area contributed by atoms with Crippen molar-refractivity contribution in [2.75, 3.05) is 18.6 Å². The van der Waals surface area contributed by atoms with E-state index < -0.39 is 22.0 Å². The number of rotatable bonds is 5. The minimum Gasteiger partial charge on any atom is -0.376 e. The third kappa shape index (κ3) is 3.75. The molecule has 4 N–H and O–H groups in total. The molecule has 0 unspecified atom stereocenters. The van der Waals surface area contributed by atoms with E-state index in [1.165, 1.54) is 0 Å². The summed E-state index contributed by atoms with van der Waals surface area (Å²) in [5.74, 6) is -0.163. The van der Waals surface area contributed by atoms with E-state index in [2.05, 4.69) is 20.0 Å². The number of carbonyl (C=O) groups excluding carboxylic acids is 1. The Morgan fingerprint density at radius 3 is 2.72 bits per heavy atom. The number of anilines is 1. The summed E-state index contributed by atoms with van der Waals surface area (Å²) in [6, 6.07) is 0.792. The van der Waals surface area contributed by atoms with Crippen LogP contribution in [0.25, 0.3) is 0 Å². The molecule has 2 aliphatic rings. The van der Waals surface area contributed by atoms with Gasteiger partial charge in [-0.25, -0.2) is 23.1 Å². The highest BCUT2D eigenvalue weighted by molar-refractivity contribution is 7.88. The fourth-order valence-corrected chi connectivity index (χ4v) is 4.19. The lowest BCUT2D eigenvalue weighted by Crippen LogP contribution is -2.70. The molecule has 0 spiro atoms. The summed E-state index contributed by atoms with van der Waals surface area (Å²) in [6.07, 6.45) is 1.66. The standard InChI is InChI=1S/C15H23N5O4S/c1-7(2)9-6-10(18-15(16)17-9)14(21)19-11-8-4-5-24-13(8)12(11)20-25(3,22)23/h6-8,11-13,20H,4-5H2,1-3H3,(H,19,21)(H2,16,17,18)/t8-,11+,12-,13-/m1/s1. The van der Waals surface area contributed by atoms with Crippen LogP contribution in [0.5, 0.6) is 0 Å². The van der Waals surface area contributed by atoms with Crippen LogP contribution < -0.4 is 15.8 Å². The summed E-state index contributed by atoms with van der Waals surface area (Å²) in [6.45, 7) is 4.45. The second kappa shape index (κ2) is 6.50. The number of sulfonamides is 1. The lowest BCUT2D eigenvalue weighted by Gasteiger charge is -2.47. The minimum atomic E-state index is -3.41. The van der Waals surface area contributed by atoms with Crippen LogP contribution in [0, 0.1) is 5.92 Å². The third-order valence-electron chi connectivity index (χ3n) is 4.62. The minimum absolute atomic E-state index is 0.0397. The molecule has 1 aromatic heterocycles. The van der Waals surface area contributed by atoms with Crippen molar-refractivity contribution in [1.29, 1.82) is 0 Å². The number of nitrogens with one attached hydrogen (secondary N) is 2. The van der Waals surface area contributed by atoms with Gasteiger partial charge < -0.3 is 15.8 Å². The monoisotopic (exact) mass is 369 g/mol. The van der Waals surface area contributed by atoms with Crippen LogP contribution in [0.4, 0.5) is 5.95 Å². The molecule has 2 heterocycles. The van der Waals surface area contributed by atoms with Crippen molar-refractivity contribution in [2.45, 2.75) is 44.4 Å². The van der Waals surface area contributed by atoms with Gasteiger partial charge in [0.25, 0.3) is 5.91 Å². The van der Waals surface area contributed by atoms with Gasteiger partial charge >= 0.3 is 0 Å². The SMILES string of the molecule is CC(C)c1cc(C(=O)N[C@H]2[C@H]3CCO[C@H]3[C@@H]2NS(C)(=O)=O)nc(N)n1. The van der Waals surface area contributed by atoms with Gasteiger partial charge in [-0.15, -0.1) is 0 Å². The summed E-state index contributed by atoms with van der Waals surface area (Å²) in [4.78, 5) is 20.7. The predicted molar refractivity (Wildman–Crippen MR) is 91.4 cm³/mol. The number of nitrogen functional groups attached to an aromatic ring is 1. The molecule has 138 valence electrons. The van der Waals surface area contributed by atoms with Gasteiger partial charge in [0, 0.05) is 18.2 Å². The molecule has 1 saturated carbocycles. The second-order valence-electron chi connectivity index (χ2n) is 6.89. The Kier molecular flexibility index (Phi) is 4.69. The molecule has 1 aliphatic heterocycles. The Labute approximate surface area is 146 Å². The zero-order valence-corrected chi connectivity index (χ0v) is 15.2. The molecule has 1 aliphatic carbocycles. The van der Waals surface area contributed by atoms with E-state index in [1.807, 2.05) is 13.8 Å². The van der Waals surface area contributed by atoms with E-state index in [1.54, 1.807) is 6.07 Å². The van der Waals surface area contributed by atoms with Gasteiger partial charge in [-0.05, 0) is 18.4 Å². The summed E-state index contributed by atoms with van der Waals surface area (Å²) in [5, 5.41) is 2.88. The van der Waals surface area contributed by atoms with Crippen molar-refractivity contribution in [3.63, 3.8) is 0 Å². The van der Waals surface area contributed by atoms with Crippen LogP contribution in [-0.4, -0.2) is 55.3 Å². The van der Waals surface area contributed by atoms with Crippen molar-refractivity contribution < 1.29 is 17.9 Å². The zero-order chi connectivity index (χ0) is 18.4. The van der Waals surface area contributed by atoms with E-state index >= 15 is 0 Å². The first kappa shape index (κ1) is 18.0. The molecule has 25 heavy (non-hydrogen) atoms. The zero-order valence-electron chi connectivity index (χ0n) is 14.4. The summed E-state index contributed by atoms with van der Waals surface area (Å²) < 4.78 is 31.3. The van der Waals surface area contributed by atoms with Crippen molar-refractivity contribution in [3.05, 3.63) is 17.5 Å². The summed E-state index contributed by atoms with van der Waals surface area (Å²) in [7, 11) is -3.41. The molecule has 1 saturated heterocycles. The average molecular weight is 369 g/mol. The van der Waals surface area contributed by atoms with Crippen LogP contribution in [0.15, 0.2) is 6.07 Å². The maximum absolute atomic E-state index is 12.6. The highest BCUT2D eigenvalue weighted by atomic mass is 32.2. The molecule has 1 amide bonds. The van der Waals surface area contributed by atoms with E-state index in [0.717, 1.165) is 12.7 Å². The normalized spacial score (nSPS) is 28.5. The quantitative estimate of drug-likeness (QED) is 0.643. The van der Waals surface area contributed by atoms with Crippen molar-refractivity contribution in [1.82, 2.24) is 20.0 Å². The number of ether oxygens (including phenoxy) is 1. The average Bonchev–Trinajstić information content (AvgIpc) is 2.93. The van der Waals surface area contributed by atoms with Gasteiger partial charge in [0.05, 0.1) is 24.4 Å². The van der Waals surface area contributed by atoms with Gasteiger partial charge in [-0.3, -0.25) is 4.79 Å². The topological polar surface area (TPSA) is 136 Å². The highest BCUT2D eigenvalue weighted by Gasteiger charge is 2.55. The summed E-state index contributed by atoms with van der Waals surface area (Å²) in [5.41, 5.74) is 6.55. The van der Waals surface area contributed by atoms with E-state index in [0.29, 0.717) is 12.3 Å². The number of hydrogen-bond acceptors (Lipinski definition) is 7. The van der Waals surface area contributed by atoms with Crippen LogP contribution in [-0.2, 0) is 14.8 Å². The number of nitrogens with two attached hydrogens (primary N) is 1. The van der Waals surface area contributed by atoms with E-state index in [9.17, 15) is 13.2 Å². The maximum atomic E-state index is 12.6. The largest absolute Gasteiger partial charge is 0.376 e. The van der Waals surface area contributed by atoms with Gasteiger partial charge in [0.1, 0.15) is 5.69 Å². The fraction of sp³-hybridized carbons (Fsp3) is 0.667. The van der Waals surface area contributed by atoms with Crippen LogP contribution in [0.2, 0.25) is 0 Å². The molecule has 1 aromatic rings. The molecule has 0 radical (unpaired) electrons. The Balaban J connectivity index is 1.77. The third-order valence-corrected chi connectivity index (χ3v) is 5.32. The highest BCUT2D eigenvalue weighted by Crippen LogP contribution is 2.39. The molecular formula is C15H23N5O4S. The Morgan fingerprint density at radius 2 is 2.08 bits per heavy atom. The summed E-state index contributed by atoms with van der Waals surface area (Å²) >= 11 is 0. The Bertz CT molecular complexity index is 782. The first-order valence-electron chi connectivity index (χ1n) is 8.20.